The lowest BCUT2D eigenvalue weighted by molar-refractivity contribution is -0.117. The van der Waals surface area contributed by atoms with E-state index in [1.807, 2.05) is 0 Å². The molecule has 2 heterocycles. The van der Waals surface area contributed by atoms with Crippen molar-refractivity contribution in [1.29, 1.82) is 0 Å². The summed E-state index contributed by atoms with van der Waals surface area (Å²) in [5.41, 5.74) is 6.10. The quantitative estimate of drug-likeness (QED) is 0.615. The number of anilines is 1. The molecule has 4 heteroatoms. The molecule has 1 aliphatic heterocycles. The van der Waals surface area contributed by atoms with Gasteiger partial charge in [-0.3, -0.25) is 9.69 Å². The molecule has 0 radical (unpaired) electrons. The van der Waals surface area contributed by atoms with Crippen molar-refractivity contribution < 1.29 is 4.79 Å². The molecule has 4 nitrogen and oxygen atoms in total. The first-order valence-electron chi connectivity index (χ1n) is 10.9. The number of aromatic amines is 1. The fraction of sp³-hybridized carbons (Fsp3) is 0.400. The summed E-state index contributed by atoms with van der Waals surface area (Å²) in [6.07, 6.45) is 6.23. The molecule has 0 atom stereocenters. The highest BCUT2D eigenvalue weighted by Gasteiger charge is 2.24. The molecule has 0 bridgehead atoms. The lowest BCUT2D eigenvalue weighted by Gasteiger charge is -2.31. The first-order valence-corrected chi connectivity index (χ1v) is 10.9. The van der Waals surface area contributed by atoms with Crippen molar-refractivity contribution >= 4 is 22.5 Å². The zero-order chi connectivity index (χ0) is 20.2. The van der Waals surface area contributed by atoms with Crippen LogP contribution in [0.3, 0.4) is 0 Å². The normalized spacial score (nSPS) is 15.7. The first kappa shape index (κ1) is 19.7. The highest BCUT2D eigenvalue weighted by molar-refractivity contribution is 5.94. The van der Waals surface area contributed by atoms with Crippen LogP contribution in [0.15, 0.2) is 48.7 Å². The number of carbonyl (C=O) groups is 1. The summed E-state index contributed by atoms with van der Waals surface area (Å²) < 4.78 is 0. The Kier molecular flexibility index (Phi) is 6.00. The standard InChI is InChI=1S/C25H31N3O/c1-3-18-8-7-9-19(4-2)25(18)27-24(29)17-28-14-12-20(13-15-28)22-16-26-23-11-6-5-10-21(22)23/h5-11,16,20,26H,3-4,12-15,17H2,1-2H3,(H,27,29). The van der Waals surface area contributed by atoms with Crippen molar-refractivity contribution in [2.24, 2.45) is 0 Å². The van der Waals surface area contributed by atoms with E-state index in [1.54, 1.807) is 0 Å². The third-order valence-corrected chi connectivity index (χ3v) is 6.28. The Bertz CT molecular complexity index is 960. The predicted octanol–water partition coefficient (Wildman–Crippen LogP) is 5.11. The molecule has 1 amide bonds. The van der Waals surface area contributed by atoms with Crippen LogP contribution < -0.4 is 5.32 Å². The van der Waals surface area contributed by atoms with Gasteiger partial charge in [-0.05, 0) is 67.4 Å². The minimum Gasteiger partial charge on any atom is -0.361 e. The summed E-state index contributed by atoms with van der Waals surface area (Å²) >= 11 is 0. The highest BCUT2D eigenvalue weighted by atomic mass is 16.2. The van der Waals surface area contributed by atoms with Crippen LogP contribution in [0.4, 0.5) is 5.69 Å². The fourth-order valence-electron chi connectivity index (χ4n) is 4.62. The number of aromatic nitrogens is 1. The van der Waals surface area contributed by atoms with Crippen LogP contribution in [0.5, 0.6) is 0 Å². The molecule has 3 aromatic rings. The van der Waals surface area contributed by atoms with Crippen molar-refractivity contribution in [2.45, 2.75) is 45.4 Å². The molecular formula is C25H31N3O. The maximum absolute atomic E-state index is 12.7. The van der Waals surface area contributed by atoms with Crippen molar-refractivity contribution in [3.63, 3.8) is 0 Å². The number of H-pyrrole nitrogens is 1. The molecule has 1 fully saturated rings. The molecule has 1 aromatic heterocycles. The minimum atomic E-state index is 0.103. The average molecular weight is 390 g/mol. The molecule has 4 rings (SSSR count). The Balaban J connectivity index is 1.36. The number of amides is 1. The van der Waals surface area contributed by atoms with Gasteiger partial charge in [0, 0.05) is 22.8 Å². The summed E-state index contributed by atoms with van der Waals surface area (Å²) in [5, 5.41) is 4.55. The molecule has 1 saturated heterocycles. The SMILES string of the molecule is CCc1cccc(CC)c1NC(=O)CN1CCC(c2c[nH]c3ccccc23)CC1. The summed E-state index contributed by atoms with van der Waals surface area (Å²) in [4.78, 5) is 18.4. The average Bonchev–Trinajstić information content (AvgIpc) is 3.18. The number of carbonyl (C=O) groups excluding carboxylic acids is 1. The summed E-state index contributed by atoms with van der Waals surface area (Å²) in [6.45, 7) is 6.68. The molecule has 0 aliphatic carbocycles. The second-order valence-corrected chi connectivity index (χ2v) is 8.05. The maximum atomic E-state index is 12.7. The Morgan fingerprint density at radius 1 is 1.03 bits per heavy atom. The maximum Gasteiger partial charge on any atom is 0.238 e. The van der Waals surface area contributed by atoms with E-state index in [9.17, 15) is 4.79 Å². The Morgan fingerprint density at radius 3 is 2.41 bits per heavy atom. The van der Waals surface area contributed by atoms with Gasteiger partial charge in [-0.25, -0.2) is 0 Å². The van der Waals surface area contributed by atoms with Crippen LogP contribution in [-0.4, -0.2) is 35.4 Å². The number of hydrogen-bond acceptors (Lipinski definition) is 2. The van der Waals surface area contributed by atoms with Gasteiger partial charge in [-0.2, -0.15) is 0 Å². The zero-order valence-corrected chi connectivity index (χ0v) is 17.5. The van der Waals surface area contributed by atoms with E-state index in [4.69, 9.17) is 0 Å². The number of nitrogens with one attached hydrogen (secondary N) is 2. The molecule has 152 valence electrons. The fourth-order valence-corrected chi connectivity index (χ4v) is 4.62. The van der Waals surface area contributed by atoms with E-state index in [2.05, 4.69) is 77.7 Å². The van der Waals surface area contributed by atoms with Crippen LogP contribution in [0.2, 0.25) is 0 Å². The number of para-hydroxylation sites is 2. The smallest absolute Gasteiger partial charge is 0.238 e. The number of hydrogen-bond donors (Lipinski definition) is 2. The molecule has 2 N–H and O–H groups in total. The lowest BCUT2D eigenvalue weighted by atomic mass is 9.89. The molecule has 1 aliphatic rings. The number of piperidine rings is 1. The van der Waals surface area contributed by atoms with E-state index in [1.165, 1.54) is 27.6 Å². The predicted molar refractivity (Wildman–Crippen MR) is 121 cm³/mol. The van der Waals surface area contributed by atoms with E-state index >= 15 is 0 Å². The van der Waals surface area contributed by atoms with E-state index < -0.39 is 0 Å². The van der Waals surface area contributed by atoms with Gasteiger partial charge in [0.1, 0.15) is 0 Å². The van der Waals surface area contributed by atoms with Crippen LogP contribution in [0, 0.1) is 0 Å². The van der Waals surface area contributed by atoms with Crippen molar-refractivity contribution in [1.82, 2.24) is 9.88 Å². The minimum absolute atomic E-state index is 0.103. The third-order valence-electron chi connectivity index (χ3n) is 6.28. The first-order chi connectivity index (χ1) is 14.2. The van der Waals surface area contributed by atoms with Gasteiger partial charge < -0.3 is 10.3 Å². The van der Waals surface area contributed by atoms with E-state index in [0.29, 0.717) is 12.5 Å². The number of nitrogens with zero attached hydrogens (tertiary/aromatic N) is 1. The summed E-state index contributed by atoms with van der Waals surface area (Å²) in [5.74, 6) is 0.670. The van der Waals surface area contributed by atoms with Crippen LogP contribution in [-0.2, 0) is 17.6 Å². The van der Waals surface area contributed by atoms with Gasteiger partial charge in [0.15, 0.2) is 0 Å². The van der Waals surface area contributed by atoms with Crippen molar-refractivity contribution in [3.05, 3.63) is 65.4 Å². The zero-order valence-electron chi connectivity index (χ0n) is 17.5. The van der Waals surface area contributed by atoms with Gasteiger partial charge in [0.2, 0.25) is 5.91 Å². The van der Waals surface area contributed by atoms with Gasteiger partial charge in [0.25, 0.3) is 0 Å². The Morgan fingerprint density at radius 2 is 1.72 bits per heavy atom. The van der Waals surface area contributed by atoms with Crippen LogP contribution in [0.25, 0.3) is 10.9 Å². The van der Waals surface area contributed by atoms with Gasteiger partial charge in [-0.15, -0.1) is 0 Å². The topological polar surface area (TPSA) is 48.1 Å². The van der Waals surface area contributed by atoms with Crippen LogP contribution >= 0.6 is 0 Å². The largest absolute Gasteiger partial charge is 0.361 e. The van der Waals surface area contributed by atoms with Crippen molar-refractivity contribution in [3.8, 4) is 0 Å². The van der Waals surface area contributed by atoms with E-state index in [0.717, 1.165) is 44.5 Å². The molecular weight excluding hydrogens is 358 g/mol. The Labute approximate surface area is 173 Å². The van der Waals surface area contributed by atoms with Gasteiger partial charge in [-0.1, -0.05) is 50.2 Å². The molecule has 0 unspecified atom stereocenters. The second-order valence-electron chi connectivity index (χ2n) is 8.05. The summed E-state index contributed by atoms with van der Waals surface area (Å²) in [6, 6.07) is 14.8. The number of benzene rings is 2. The third kappa shape index (κ3) is 4.23. The van der Waals surface area contributed by atoms with Gasteiger partial charge >= 0.3 is 0 Å². The molecule has 0 saturated carbocycles. The number of rotatable bonds is 6. The molecule has 2 aromatic carbocycles. The Hall–Kier alpha value is -2.59. The molecule has 0 spiro atoms. The van der Waals surface area contributed by atoms with Crippen LogP contribution in [0.1, 0.15) is 49.3 Å². The van der Waals surface area contributed by atoms with E-state index in [-0.39, 0.29) is 5.91 Å². The second kappa shape index (κ2) is 8.83. The van der Waals surface area contributed by atoms with Gasteiger partial charge in [0.05, 0.1) is 6.54 Å². The number of likely N-dealkylation sites (tertiary alicyclic amines) is 1. The molecule has 29 heavy (non-hydrogen) atoms. The van der Waals surface area contributed by atoms with Crippen molar-refractivity contribution in [2.75, 3.05) is 25.0 Å². The lowest BCUT2D eigenvalue weighted by Crippen LogP contribution is -2.38. The number of fused-ring (bicyclic) bond motifs is 1. The highest BCUT2D eigenvalue weighted by Crippen LogP contribution is 2.33. The number of aryl methyl sites for hydroxylation is 2. The monoisotopic (exact) mass is 389 g/mol. The summed E-state index contributed by atoms with van der Waals surface area (Å²) in [7, 11) is 0.